The number of carbonyl (C=O) groups is 1. The van der Waals surface area contributed by atoms with Crippen LogP contribution in [0.15, 0.2) is 12.1 Å². The van der Waals surface area contributed by atoms with Crippen molar-refractivity contribution in [2.45, 2.75) is 25.4 Å². The molecular weight excluding hydrogens is 280 g/mol. The molecule has 1 aromatic rings. The molecule has 1 atom stereocenters. The van der Waals surface area contributed by atoms with Crippen LogP contribution in [-0.2, 0) is 11.3 Å². The molecule has 0 aromatic heterocycles. The lowest BCUT2D eigenvalue weighted by Gasteiger charge is -2.23. The summed E-state index contributed by atoms with van der Waals surface area (Å²) in [6, 6.07) is 3.52. The van der Waals surface area contributed by atoms with Crippen LogP contribution in [0, 0.1) is 0 Å². The molecule has 2 N–H and O–H groups in total. The summed E-state index contributed by atoms with van der Waals surface area (Å²) in [5.41, 5.74) is 0.877. The van der Waals surface area contributed by atoms with Gasteiger partial charge in [-0.25, -0.2) is 0 Å². The molecule has 0 spiro atoms. The average Bonchev–Trinajstić information content (AvgIpc) is 2.47. The van der Waals surface area contributed by atoms with Crippen LogP contribution in [-0.4, -0.2) is 32.7 Å². The SMILES string of the molecule is COc1ccc(CN[C@@H]2CCCNC2=O)c(Cl)c1OC. The Labute approximate surface area is 123 Å². The van der Waals surface area contributed by atoms with Gasteiger partial charge in [0, 0.05) is 13.1 Å². The Morgan fingerprint density at radius 3 is 2.85 bits per heavy atom. The molecular formula is C14H19ClN2O3. The normalized spacial score (nSPS) is 18.6. The molecule has 1 amide bonds. The number of ether oxygens (including phenoxy) is 2. The first kappa shape index (κ1) is 14.9. The number of carbonyl (C=O) groups excluding carboxylic acids is 1. The van der Waals surface area contributed by atoms with Crippen LogP contribution in [0.3, 0.4) is 0 Å². The van der Waals surface area contributed by atoms with Gasteiger partial charge in [0.05, 0.1) is 25.3 Å². The van der Waals surface area contributed by atoms with E-state index in [0.717, 1.165) is 24.9 Å². The number of amides is 1. The maximum absolute atomic E-state index is 11.7. The zero-order chi connectivity index (χ0) is 14.5. The van der Waals surface area contributed by atoms with Gasteiger partial charge in [-0.3, -0.25) is 4.79 Å². The minimum absolute atomic E-state index is 0.0489. The van der Waals surface area contributed by atoms with Gasteiger partial charge in [0.15, 0.2) is 11.5 Å². The molecule has 1 aromatic carbocycles. The number of hydrogen-bond donors (Lipinski definition) is 2. The van der Waals surface area contributed by atoms with Crippen molar-refractivity contribution in [1.29, 1.82) is 0 Å². The van der Waals surface area contributed by atoms with E-state index in [1.165, 1.54) is 0 Å². The van der Waals surface area contributed by atoms with E-state index in [-0.39, 0.29) is 11.9 Å². The van der Waals surface area contributed by atoms with Gasteiger partial charge >= 0.3 is 0 Å². The summed E-state index contributed by atoms with van der Waals surface area (Å²) in [5, 5.41) is 6.58. The molecule has 0 radical (unpaired) electrons. The molecule has 1 aliphatic rings. The summed E-state index contributed by atoms with van der Waals surface area (Å²) in [6.45, 7) is 1.27. The van der Waals surface area contributed by atoms with E-state index < -0.39 is 0 Å². The third-order valence-electron chi connectivity index (χ3n) is 3.39. The van der Waals surface area contributed by atoms with Crippen molar-refractivity contribution < 1.29 is 14.3 Å². The molecule has 1 heterocycles. The highest BCUT2D eigenvalue weighted by Crippen LogP contribution is 2.37. The van der Waals surface area contributed by atoms with Crippen molar-refractivity contribution in [1.82, 2.24) is 10.6 Å². The van der Waals surface area contributed by atoms with E-state index in [1.807, 2.05) is 12.1 Å². The van der Waals surface area contributed by atoms with Gasteiger partial charge in [-0.2, -0.15) is 0 Å². The van der Waals surface area contributed by atoms with Gasteiger partial charge in [-0.1, -0.05) is 17.7 Å². The van der Waals surface area contributed by atoms with Gasteiger partial charge in [-0.15, -0.1) is 0 Å². The monoisotopic (exact) mass is 298 g/mol. The van der Waals surface area contributed by atoms with E-state index in [2.05, 4.69) is 10.6 Å². The van der Waals surface area contributed by atoms with Gasteiger partial charge in [0.25, 0.3) is 0 Å². The summed E-state index contributed by atoms with van der Waals surface area (Å²) in [5.74, 6) is 1.16. The van der Waals surface area contributed by atoms with Crippen molar-refractivity contribution in [2.24, 2.45) is 0 Å². The summed E-state index contributed by atoms with van der Waals surface area (Å²) in [4.78, 5) is 11.7. The van der Waals surface area contributed by atoms with Crippen molar-refractivity contribution >= 4 is 17.5 Å². The molecule has 0 saturated carbocycles. The Bertz CT molecular complexity index is 494. The van der Waals surface area contributed by atoms with Crippen molar-refractivity contribution in [3.63, 3.8) is 0 Å². The fourth-order valence-electron chi connectivity index (χ4n) is 2.27. The highest BCUT2D eigenvalue weighted by atomic mass is 35.5. The maximum Gasteiger partial charge on any atom is 0.237 e. The number of nitrogens with one attached hydrogen (secondary N) is 2. The lowest BCUT2D eigenvalue weighted by molar-refractivity contribution is -0.124. The molecule has 0 bridgehead atoms. The fraction of sp³-hybridized carbons (Fsp3) is 0.500. The predicted molar refractivity (Wildman–Crippen MR) is 77.4 cm³/mol. The predicted octanol–water partition coefficient (Wildman–Crippen LogP) is 1.73. The lowest BCUT2D eigenvalue weighted by atomic mass is 10.1. The van der Waals surface area contributed by atoms with Crippen LogP contribution < -0.4 is 20.1 Å². The lowest BCUT2D eigenvalue weighted by Crippen LogP contribution is -2.47. The molecule has 6 heteroatoms. The number of hydrogen-bond acceptors (Lipinski definition) is 4. The molecule has 1 saturated heterocycles. The van der Waals surface area contributed by atoms with Crippen LogP contribution in [0.4, 0.5) is 0 Å². The quantitative estimate of drug-likeness (QED) is 0.869. The summed E-state index contributed by atoms with van der Waals surface area (Å²) in [7, 11) is 3.12. The molecule has 5 nitrogen and oxygen atoms in total. The van der Waals surface area contributed by atoms with Crippen LogP contribution in [0.1, 0.15) is 18.4 Å². The first-order chi connectivity index (χ1) is 9.67. The molecule has 1 fully saturated rings. The Kier molecular flexibility index (Phi) is 5.09. The molecule has 20 heavy (non-hydrogen) atoms. The number of methoxy groups -OCH3 is 2. The zero-order valence-corrected chi connectivity index (χ0v) is 12.4. The number of rotatable bonds is 5. The van der Waals surface area contributed by atoms with Gasteiger partial charge < -0.3 is 20.1 Å². The van der Waals surface area contributed by atoms with Gasteiger partial charge in [0.2, 0.25) is 5.91 Å². The summed E-state index contributed by atoms with van der Waals surface area (Å²) >= 11 is 6.30. The second kappa shape index (κ2) is 6.81. The minimum Gasteiger partial charge on any atom is -0.493 e. The van der Waals surface area contributed by atoms with Crippen LogP contribution in [0.5, 0.6) is 11.5 Å². The van der Waals surface area contributed by atoms with E-state index in [4.69, 9.17) is 21.1 Å². The van der Waals surface area contributed by atoms with Crippen molar-refractivity contribution in [3.05, 3.63) is 22.7 Å². The zero-order valence-electron chi connectivity index (χ0n) is 11.7. The minimum atomic E-state index is -0.159. The van der Waals surface area contributed by atoms with Gasteiger partial charge in [-0.05, 0) is 24.5 Å². The van der Waals surface area contributed by atoms with Crippen molar-refractivity contribution in [3.8, 4) is 11.5 Å². The Balaban J connectivity index is 2.07. The van der Waals surface area contributed by atoms with Crippen LogP contribution >= 0.6 is 11.6 Å². The average molecular weight is 299 g/mol. The third-order valence-corrected chi connectivity index (χ3v) is 3.80. The molecule has 0 aliphatic carbocycles. The topological polar surface area (TPSA) is 59.6 Å². The highest BCUT2D eigenvalue weighted by Gasteiger charge is 2.22. The summed E-state index contributed by atoms with van der Waals surface area (Å²) in [6.07, 6.45) is 1.83. The molecule has 1 aliphatic heterocycles. The Hall–Kier alpha value is -1.46. The molecule has 0 unspecified atom stereocenters. The second-order valence-electron chi connectivity index (χ2n) is 4.64. The number of halogens is 1. The second-order valence-corrected chi connectivity index (χ2v) is 5.02. The smallest absolute Gasteiger partial charge is 0.237 e. The van der Waals surface area contributed by atoms with Crippen molar-refractivity contribution in [2.75, 3.05) is 20.8 Å². The first-order valence-corrected chi connectivity index (χ1v) is 6.95. The first-order valence-electron chi connectivity index (χ1n) is 6.57. The standard InChI is InChI=1S/C14H19ClN2O3/c1-19-11-6-5-9(12(15)13(11)20-2)8-17-10-4-3-7-16-14(10)18/h5-6,10,17H,3-4,7-8H2,1-2H3,(H,16,18)/t10-/m1/s1. The Morgan fingerprint density at radius 2 is 2.20 bits per heavy atom. The van der Waals surface area contributed by atoms with E-state index in [1.54, 1.807) is 14.2 Å². The van der Waals surface area contributed by atoms with E-state index >= 15 is 0 Å². The molecule has 110 valence electrons. The van der Waals surface area contributed by atoms with E-state index in [0.29, 0.717) is 23.1 Å². The van der Waals surface area contributed by atoms with Crippen LogP contribution in [0.2, 0.25) is 5.02 Å². The maximum atomic E-state index is 11.7. The van der Waals surface area contributed by atoms with E-state index in [9.17, 15) is 4.79 Å². The fourth-order valence-corrected chi connectivity index (χ4v) is 2.57. The third kappa shape index (κ3) is 3.16. The highest BCUT2D eigenvalue weighted by molar-refractivity contribution is 6.33. The largest absolute Gasteiger partial charge is 0.493 e. The summed E-state index contributed by atoms with van der Waals surface area (Å²) < 4.78 is 10.4. The van der Waals surface area contributed by atoms with Gasteiger partial charge in [0.1, 0.15) is 0 Å². The Morgan fingerprint density at radius 1 is 1.40 bits per heavy atom. The number of benzene rings is 1. The number of piperidine rings is 1. The van der Waals surface area contributed by atoms with Crippen LogP contribution in [0.25, 0.3) is 0 Å². The molecule has 2 rings (SSSR count).